The van der Waals surface area contributed by atoms with Gasteiger partial charge in [-0.05, 0) is 61.7 Å². The minimum absolute atomic E-state index is 0.231. The van der Waals surface area contributed by atoms with Gasteiger partial charge in [0.15, 0.2) is 0 Å². The fourth-order valence-corrected chi connectivity index (χ4v) is 3.76. The minimum atomic E-state index is -3.66. The average molecular weight is 382 g/mol. The summed E-state index contributed by atoms with van der Waals surface area (Å²) in [7, 11) is -3.66. The van der Waals surface area contributed by atoms with E-state index < -0.39 is 10.0 Å². The molecule has 140 valence electrons. The van der Waals surface area contributed by atoms with E-state index in [1.54, 1.807) is 36.5 Å². The summed E-state index contributed by atoms with van der Waals surface area (Å²) in [6.45, 7) is 6.57. The van der Waals surface area contributed by atoms with Gasteiger partial charge in [-0.2, -0.15) is 0 Å². The summed E-state index contributed by atoms with van der Waals surface area (Å²) < 4.78 is 27.6. The SMILES string of the molecule is Cc1cccc(CNc2ccc(NS(=O)(=O)c3ccc(C)c(C)c3)nc2)c1. The van der Waals surface area contributed by atoms with Crippen LogP contribution in [0.25, 0.3) is 0 Å². The van der Waals surface area contributed by atoms with E-state index in [-0.39, 0.29) is 10.7 Å². The van der Waals surface area contributed by atoms with E-state index in [0.29, 0.717) is 6.54 Å². The molecule has 0 spiro atoms. The number of anilines is 2. The van der Waals surface area contributed by atoms with Crippen molar-refractivity contribution in [1.29, 1.82) is 0 Å². The Morgan fingerprint density at radius 2 is 1.74 bits per heavy atom. The lowest BCUT2D eigenvalue weighted by Crippen LogP contribution is -2.14. The van der Waals surface area contributed by atoms with Gasteiger partial charge in [-0.3, -0.25) is 4.72 Å². The summed E-state index contributed by atoms with van der Waals surface area (Å²) in [5.74, 6) is 0.286. The van der Waals surface area contributed by atoms with Crippen LogP contribution in [0, 0.1) is 20.8 Å². The molecule has 3 rings (SSSR count). The number of nitrogens with one attached hydrogen (secondary N) is 2. The molecule has 0 aliphatic heterocycles. The van der Waals surface area contributed by atoms with Crippen LogP contribution < -0.4 is 10.0 Å². The fraction of sp³-hybridized carbons (Fsp3) is 0.190. The Morgan fingerprint density at radius 3 is 2.41 bits per heavy atom. The van der Waals surface area contributed by atoms with Crippen molar-refractivity contribution in [2.24, 2.45) is 0 Å². The highest BCUT2D eigenvalue weighted by molar-refractivity contribution is 7.92. The van der Waals surface area contributed by atoms with E-state index >= 15 is 0 Å². The number of hydrogen-bond acceptors (Lipinski definition) is 4. The van der Waals surface area contributed by atoms with Crippen LogP contribution in [-0.2, 0) is 16.6 Å². The molecule has 0 amide bonds. The predicted molar refractivity (Wildman–Crippen MR) is 109 cm³/mol. The van der Waals surface area contributed by atoms with Crippen LogP contribution in [0.5, 0.6) is 0 Å². The third-order valence-corrected chi connectivity index (χ3v) is 5.72. The van der Waals surface area contributed by atoms with Crippen LogP contribution in [0.15, 0.2) is 65.7 Å². The van der Waals surface area contributed by atoms with Crippen LogP contribution in [0.2, 0.25) is 0 Å². The second kappa shape index (κ2) is 7.80. The fourth-order valence-electron chi connectivity index (χ4n) is 2.66. The standard InChI is InChI=1S/C21H23N3O2S/c1-15-5-4-6-18(11-15)13-22-19-8-10-21(23-14-19)24-27(25,26)20-9-7-16(2)17(3)12-20/h4-12,14,22H,13H2,1-3H3,(H,23,24). The molecule has 0 aliphatic rings. The van der Waals surface area contributed by atoms with E-state index in [0.717, 1.165) is 16.8 Å². The highest BCUT2D eigenvalue weighted by Crippen LogP contribution is 2.19. The first-order valence-corrected chi connectivity index (χ1v) is 10.2. The molecule has 0 bridgehead atoms. The Hall–Kier alpha value is -2.86. The second-order valence-electron chi connectivity index (χ2n) is 6.63. The van der Waals surface area contributed by atoms with E-state index in [1.165, 1.54) is 11.1 Å². The smallest absolute Gasteiger partial charge is 0.263 e. The molecular formula is C21H23N3O2S. The lowest BCUT2D eigenvalue weighted by atomic mass is 10.1. The Balaban J connectivity index is 1.67. The minimum Gasteiger partial charge on any atom is -0.380 e. The molecule has 0 saturated heterocycles. The normalized spacial score (nSPS) is 11.2. The van der Waals surface area contributed by atoms with Gasteiger partial charge < -0.3 is 5.32 Å². The van der Waals surface area contributed by atoms with Gasteiger partial charge in [0.25, 0.3) is 10.0 Å². The van der Waals surface area contributed by atoms with Gasteiger partial charge in [0.2, 0.25) is 0 Å². The molecule has 1 aromatic heterocycles. The zero-order chi connectivity index (χ0) is 19.4. The molecule has 5 nitrogen and oxygen atoms in total. The van der Waals surface area contributed by atoms with E-state index in [1.807, 2.05) is 19.9 Å². The van der Waals surface area contributed by atoms with Crippen LogP contribution in [0.1, 0.15) is 22.3 Å². The third kappa shape index (κ3) is 4.86. The van der Waals surface area contributed by atoms with Gasteiger partial charge in [-0.15, -0.1) is 0 Å². The molecule has 0 saturated carbocycles. The lowest BCUT2D eigenvalue weighted by molar-refractivity contribution is 0.601. The number of nitrogens with zero attached hydrogens (tertiary/aromatic N) is 1. The molecule has 0 radical (unpaired) electrons. The molecule has 0 aliphatic carbocycles. The van der Waals surface area contributed by atoms with Crippen molar-refractivity contribution < 1.29 is 8.42 Å². The van der Waals surface area contributed by atoms with Crippen LogP contribution in [0.3, 0.4) is 0 Å². The van der Waals surface area contributed by atoms with Crippen LogP contribution in [-0.4, -0.2) is 13.4 Å². The van der Waals surface area contributed by atoms with Crippen LogP contribution in [0.4, 0.5) is 11.5 Å². The summed E-state index contributed by atoms with van der Waals surface area (Å²) in [6, 6.07) is 16.8. The van der Waals surface area contributed by atoms with Gasteiger partial charge >= 0.3 is 0 Å². The topological polar surface area (TPSA) is 71.1 Å². The van der Waals surface area contributed by atoms with Crippen molar-refractivity contribution in [2.45, 2.75) is 32.2 Å². The molecule has 6 heteroatoms. The van der Waals surface area contributed by atoms with Gasteiger partial charge in [-0.25, -0.2) is 13.4 Å². The van der Waals surface area contributed by atoms with Crippen molar-refractivity contribution in [1.82, 2.24) is 4.98 Å². The van der Waals surface area contributed by atoms with Crippen molar-refractivity contribution in [3.8, 4) is 0 Å². The number of sulfonamides is 1. The van der Waals surface area contributed by atoms with Crippen molar-refractivity contribution in [3.63, 3.8) is 0 Å². The molecule has 27 heavy (non-hydrogen) atoms. The van der Waals surface area contributed by atoms with E-state index in [2.05, 4.69) is 40.1 Å². The summed E-state index contributed by atoms with van der Waals surface area (Å²) >= 11 is 0. The number of hydrogen-bond donors (Lipinski definition) is 2. The van der Waals surface area contributed by atoms with Gasteiger partial charge in [0.1, 0.15) is 5.82 Å². The Kier molecular flexibility index (Phi) is 5.46. The van der Waals surface area contributed by atoms with E-state index in [9.17, 15) is 8.42 Å². The van der Waals surface area contributed by atoms with Crippen molar-refractivity contribution in [3.05, 3.63) is 83.0 Å². The number of pyridine rings is 1. The Morgan fingerprint density at radius 1 is 0.926 bits per heavy atom. The number of benzene rings is 2. The zero-order valence-electron chi connectivity index (χ0n) is 15.7. The first kappa shape index (κ1) is 18.9. The largest absolute Gasteiger partial charge is 0.380 e. The first-order valence-electron chi connectivity index (χ1n) is 8.69. The summed E-state index contributed by atoms with van der Waals surface area (Å²) in [5.41, 5.74) is 5.20. The quantitative estimate of drug-likeness (QED) is 0.663. The number of rotatable bonds is 6. The number of aryl methyl sites for hydroxylation is 3. The van der Waals surface area contributed by atoms with Gasteiger partial charge in [0.05, 0.1) is 16.8 Å². The summed E-state index contributed by atoms with van der Waals surface area (Å²) in [5, 5.41) is 3.28. The Labute approximate surface area is 160 Å². The number of aromatic nitrogens is 1. The van der Waals surface area contributed by atoms with Gasteiger partial charge in [-0.1, -0.05) is 35.9 Å². The molecule has 0 atom stereocenters. The van der Waals surface area contributed by atoms with Crippen molar-refractivity contribution in [2.75, 3.05) is 10.0 Å². The molecule has 0 fully saturated rings. The molecule has 2 aromatic carbocycles. The first-order chi connectivity index (χ1) is 12.8. The van der Waals surface area contributed by atoms with Crippen LogP contribution >= 0.6 is 0 Å². The third-order valence-electron chi connectivity index (χ3n) is 4.37. The molecular weight excluding hydrogens is 358 g/mol. The maximum absolute atomic E-state index is 12.5. The lowest BCUT2D eigenvalue weighted by Gasteiger charge is -2.10. The van der Waals surface area contributed by atoms with E-state index in [4.69, 9.17) is 0 Å². The maximum Gasteiger partial charge on any atom is 0.263 e. The highest BCUT2D eigenvalue weighted by Gasteiger charge is 2.15. The maximum atomic E-state index is 12.5. The summed E-state index contributed by atoms with van der Waals surface area (Å²) in [6.07, 6.45) is 1.62. The second-order valence-corrected chi connectivity index (χ2v) is 8.31. The van der Waals surface area contributed by atoms with Crippen molar-refractivity contribution >= 4 is 21.5 Å². The average Bonchev–Trinajstić information content (AvgIpc) is 2.63. The highest BCUT2D eigenvalue weighted by atomic mass is 32.2. The zero-order valence-corrected chi connectivity index (χ0v) is 16.5. The predicted octanol–water partition coefficient (Wildman–Crippen LogP) is 4.42. The van der Waals surface area contributed by atoms with Gasteiger partial charge in [0, 0.05) is 6.54 Å². The monoisotopic (exact) mass is 381 g/mol. The molecule has 2 N–H and O–H groups in total. The molecule has 0 unspecified atom stereocenters. The molecule has 1 heterocycles. The molecule has 3 aromatic rings. The Bertz CT molecular complexity index is 1050. The summed E-state index contributed by atoms with van der Waals surface area (Å²) in [4.78, 5) is 4.44.